The third-order valence-electron chi connectivity index (χ3n) is 2.11. The van der Waals surface area contributed by atoms with Gasteiger partial charge in [0.25, 0.3) is 5.92 Å². The molecule has 0 aromatic heterocycles. The molecule has 0 heterocycles. The van der Waals surface area contributed by atoms with Crippen LogP contribution in [0.4, 0.5) is 17.6 Å². The fourth-order valence-electron chi connectivity index (χ4n) is 1.30. The van der Waals surface area contributed by atoms with Gasteiger partial charge in [-0.25, -0.2) is 17.6 Å². The molecule has 0 atom stereocenters. The van der Waals surface area contributed by atoms with E-state index in [1.165, 1.54) is 6.92 Å². The molecule has 1 aromatic rings. The number of hydrogen-bond donors (Lipinski definition) is 1. The zero-order valence-electron chi connectivity index (χ0n) is 8.16. The van der Waals surface area contributed by atoms with E-state index in [4.69, 9.17) is 5.73 Å². The molecule has 1 nitrogen and oxygen atoms in total. The van der Waals surface area contributed by atoms with Crippen molar-refractivity contribution >= 4 is 0 Å². The molecule has 2 N–H and O–H groups in total. The first-order valence-corrected chi connectivity index (χ1v) is 4.43. The molecule has 0 fully saturated rings. The molecule has 0 spiro atoms. The van der Waals surface area contributed by atoms with Crippen molar-refractivity contribution in [2.24, 2.45) is 5.73 Å². The quantitative estimate of drug-likeness (QED) is 0.780. The summed E-state index contributed by atoms with van der Waals surface area (Å²) in [5, 5.41) is 0. The SMILES string of the molecule is Cc1ccc(F)c(C(F)(F)CCN)c1F. The van der Waals surface area contributed by atoms with Crippen LogP contribution in [-0.4, -0.2) is 6.54 Å². The average molecular weight is 221 g/mol. The maximum atomic E-state index is 13.3. The van der Waals surface area contributed by atoms with Gasteiger partial charge >= 0.3 is 0 Å². The Labute approximate surface area is 84.9 Å². The summed E-state index contributed by atoms with van der Waals surface area (Å²) in [7, 11) is 0. The zero-order valence-corrected chi connectivity index (χ0v) is 8.16. The van der Waals surface area contributed by atoms with Crippen LogP contribution in [-0.2, 0) is 5.92 Å². The third kappa shape index (κ3) is 2.28. The van der Waals surface area contributed by atoms with Gasteiger partial charge in [-0.05, 0) is 25.1 Å². The fourth-order valence-corrected chi connectivity index (χ4v) is 1.30. The van der Waals surface area contributed by atoms with E-state index in [1.54, 1.807) is 0 Å². The monoisotopic (exact) mass is 221 g/mol. The standard InChI is InChI=1S/C10H11F4N/c1-6-2-3-7(11)8(9(6)12)10(13,14)4-5-15/h2-3H,4-5,15H2,1H3. The molecule has 1 rings (SSSR count). The van der Waals surface area contributed by atoms with Crippen LogP contribution in [0.2, 0.25) is 0 Å². The van der Waals surface area contributed by atoms with E-state index >= 15 is 0 Å². The number of alkyl halides is 2. The van der Waals surface area contributed by atoms with Gasteiger partial charge in [0.05, 0.1) is 5.56 Å². The highest BCUT2D eigenvalue weighted by molar-refractivity contribution is 5.30. The van der Waals surface area contributed by atoms with Crippen molar-refractivity contribution in [2.75, 3.05) is 6.54 Å². The van der Waals surface area contributed by atoms with Crippen LogP contribution in [0.3, 0.4) is 0 Å². The molecule has 0 saturated carbocycles. The summed E-state index contributed by atoms with van der Waals surface area (Å²) in [6.07, 6.45) is -0.774. The van der Waals surface area contributed by atoms with Crippen LogP contribution in [0.1, 0.15) is 17.5 Å². The molecule has 0 aliphatic rings. The summed E-state index contributed by atoms with van der Waals surface area (Å²) in [5.41, 5.74) is 3.77. The number of benzene rings is 1. The largest absolute Gasteiger partial charge is 0.330 e. The lowest BCUT2D eigenvalue weighted by molar-refractivity contribution is -0.0177. The summed E-state index contributed by atoms with van der Waals surface area (Å²) >= 11 is 0. The van der Waals surface area contributed by atoms with Crippen LogP contribution in [0.5, 0.6) is 0 Å². The Morgan fingerprint density at radius 3 is 2.40 bits per heavy atom. The van der Waals surface area contributed by atoms with Gasteiger partial charge in [-0.1, -0.05) is 6.07 Å². The van der Waals surface area contributed by atoms with E-state index in [0.29, 0.717) is 0 Å². The summed E-state index contributed by atoms with van der Waals surface area (Å²) in [6.45, 7) is 0.969. The molecule has 0 amide bonds. The van der Waals surface area contributed by atoms with Crippen LogP contribution in [0.25, 0.3) is 0 Å². The van der Waals surface area contributed by atoms with Gasteiger partial charge in [0.15, 0.2) is 0 Å². The van der Waals surface area contributed by atoms with Crippen LogP contribution >= 0.6 is 0 Å². The second-order valence-corrected chi connectivity index (χ2v) is 3.30. The van der Waals surface area contributed by atoms with Crippen molar-refractivity contribution < 1.29 is 17.6 Å². The Balaban J connectivity index is 3.29. The molecule has 84 valence electrons. The summed E-state index contributed by atoms with van der Waals surface area (Å²) in [5.74, 6) is -6.00. The number of nitrogens with two attached hydrogens (primary N) is 1. The highest BCUT2D eigenvalue weighted by Gasteiger charge is 2.37. The lowest BCUT2D eigenvalue weighted by Crippen LogP contribution is -2.22. The van der Waals surface area contributed by atoms with Crippen LogP contribution < -0.4 is 5.73 Å². The number of halogens is 4. The Kier molecular flexibility index (Phi) is 3.34. The smallest absolute Gasteiger partial charge is 0.280 e. The third-order valence-corrected chi connectivity index (χ3v) is 2.11. The molecular formula is C10H11F4N. The molecule has 0 radical (unpaired) electrons. The van der Waals surface area contributed by atoms with Crippen molar-refractivity contribution in [1.82, 2.24) is 0 Å². The van der Waals surface area contributed by atoms with Gasteiger partial charge in [0.1, 0.15) is 11.6 Å². The average Bonchev–Trinajstić information content (AvgIpc) is 2.11. The van der Waals surface area contributed by atoms with Crippen LogP contribution in [0.15, 0.2) is 12.1 Å². The van der Waals surface area contributed by atoms with E-state index in [2.05, 4.69) is 0 Å². The Morgan fingerprint density at radius 2 is 1.87 bits per heavy atom. The summed E-state index contributed by atoms with van der Waals surface area (Å²) < 4.78 is 53.0. The second kappa shape index (κ2) is 4.18. The van der Waals surface area contributed by atoms with Gasteiger partial charge < -0.3 is 5.73 Å². The maximum Gasteiger partial charge on any atom is 0.280 e. The van der Waals surface area contributed by atoms with Gasteiger partial charge in [0, 0.05) is 6.42 Å². The molecule has 0 aliphatic heterocycles. The van der Waals surface area contributed by atoms with E-state index in [0.717, 1.165) is 12.1 Å². The fraction of sp³-hybridized carbons (Fsp3) is 0.400. The number of rotatable bonds is 3. The van der Waals surface area contributed by atoms with Gasteiger partial charge in [-0.2, -0.15) is 0 Å². The van der Waals surface area contributed by atoms with Crippen LogP contribution in [0, 0.1) is 18.6 Å². The molecule has 0 bridgehead atoms. The first kappa shape index (κ1) is 12.0. The van der Waals surface area contributed by atoms with Crippen molar-refractivity contribution in [3.8, 4) is 0 Å². The minimum atomic E-state index is -3.56. The molecule has 0 unspecified atom stereocenters. The predicted molar refractivity (Wildman–Crippen MR) is 48.7 cm³/mol. The molecular weight excluding hydrogens is 210 g/mol. The van der Waals surface area contributed by atoms with Crippen molar-refractivity contribution in [3.05, 3.63) is 34.9 Å². The highest BCUT2D eigenvalue weighted by Crippen LogP contribution is 2.35. The van der Waals surface area contributed by atoms with E-state index in [-0.39, 0.29) is 12.1 Å². The maximum absolute atomic E-state index is 13.3. The molecule has 15 heavy (non-hydrogen) atoms. The topological polar surface area (TPSA) is 26.0 Å². The Bertz CT molecular complexity index is 363. The second-order valence-electron chi connectivity index (χ2n) is 3.30. The van der Waals surface area contributed by atoms with Gasteiger partial charge in [0.2, 0.25) is 0 Å². The Hall–Kier alpha value is -1.10. The van der Waals surface area contributed by atoms with E-state index in [9.17, 15) is 17.6 Å². The first-order valence-electron chi connectivity index (χ1n) is 4.43. The van der Waals surface area contributed by atoms with Crippen molar-refractivity contribution in [1.29, 1.82) is 0 Å². The number of aryl methyl sites for hydroxylation is 1. The minimum Gasteiger partial charge on any atom is -0.330 e. The molecule has 0 aliphatic carbocycles. The zero-order chi connectivity index (χ0) is 11.6. The Morgan fingerprint density at radius 1 is 1.27 bits per heavy atom. The molecule has 1 aromatic carbocycles. The van der Waals surface area contributed by atoms with E-state index in [1.807, 2.05) is 0 Å². The lowest BCUT2D eigenvalue weighted by Gasteiger charge is -2.18. The lowest BCUT2D eigenvalue weighted by atomic mass is 10.0. The van der Waals surface area contributed by atoms with Gasteiger partial charge in [-0.3, -0.25) is 0 Å². The summed E-state index contributed by atoms with van der Waals surface area (Å²) in [6, 6.07) is 1.95. The van der Waals surface area contributed by atoms with Crippen molar-refractivity contribution in [3.63, 3.8) is 0 Å². The highest BCUT2D eigenvalue weighted by atomic mass is 19.3. The summed E-state index contributed by atoms with van der Waals surface area (Å²) in [4.78, 5) is 0. The van der Waals surface area contributed by atoms with E-state index < -0.39 is 29.5 Å². The van der Waals surface area contributed by atoms with Crippen molar-refractivity contribution in [2.45, 2.75) is 19.3 Å². The minimum absolute atomic E-state index is 0.0110. The first-order chi connectivity index (χ1) is 6.90. The normalized spacial score (nSPS) is 11.9. The molecule has 5 heteroatoms. The van der Waals surface area contributed by atoms with Gasteiger partial charge in [-0.15, -0.1) is 0 Å². The number of hydrogen-bond acceptors (Lipinski definition) is 1. The predicted octanol–water partition coefficient (Wildman–Crippen LogP) is 2.71. The molecule has 0 saturated heterocycles.